The van der Waals surface area contributed by atoms with E-state index in [0.717, 1.165) is 73.5 Å². The van der Waals surface area contributed by atoms with Gasteiger partial charge in [-0.2, -0.15) is 0 Å². The number of fused-ring (bicyclic) bond motifs is 1. The number of hydrogen-bond acceptors (Lipinski definition) is 2. The van der Waals surface area contributed by atoms with Crippen molar-refractivity contribution in [3.05, 3.63) is 36.4 Å². The Labute approximate surface area is 167 Å². The van der Waals surface area contributed by atoms with E-state index >= 15 is 0 Å². The number of amides is 2. The number of hydrogen-bond donors (Lipinski definition) is 2. The van der Waals surface area contributed by atoms with Crippen LogP contribution < -0.4 is 10.6 Å². The van der Waals surface area contributed by atoms with Gasteiger partial charge < -0.3 is 10.6 Å². The lowest BCUT2D eigenvalue weighted by Crippen LogP contribution is -2.25. The van der Waals surface area contributed by atoms with E-state index in [2.05, 4.69) is 10.6 Å². The van der Waals surface area contributed by atoms with E-state index in [1.165, 1.54) is 12.8 Å². The second kappa shape index (κ2) is 8.76. The van der Waals surface area contributed by atoms with Gasteiger partial charge in [-0.1, -0.05) is 62.8 Å². The summed E-state index contributed by atoms with van der Waals surface area (Å²) in [5.41, 5.74) is 1.67. The number of nitrogens with one attached hydrogen (secondary N) is 2. The third-order valence-corrected chi connectivity index (χ3v) is 6.39. The van der Waals surface area contributed by atoms with Gasteiger partial charge in [-0.25, -0.2) is 0 Å². The molecule has 2 aliphatic rings. The lowest BCUT2D eigenvalue weighted by atomic mass is 9.88. The van der Waals surface area contributed by atoms with Crippen LogP contribution in [0.3, 0.4) is 0 Å². The maximum absolute atomic E-state index is 12.7. The molecular formula is C24H30N2O2. The Kier molecular flexibility index (Phi) is 5.94. The van der Waals surface area contributed by atoms with Crippen molar-refractivity contribution < 1.29 is 9.59 Å². The molecule has 2 N–H and O–H groups in total. The topological polar surface area (TPSA) is 58.2 Å². The van der Waals surface area contributed by atoms with Gasteiger partial charge in [-0.05, 0) is 37.8 Å². The molecule has 2 saturated carbocycles. The number of anilines is 2. The maximum atomic E-state index is 12.7. The predicted molar refractivity (Wildman–Crippen MR) is 114 cm³/mol. The summed E-state index contributed by atoms with van der Waals surface area (Å²) in [6, 6.07) is 11.8. The van der Waals surface area contributed by atoms with Crippen molar-refractivity contribution in [2.45, 2.75) is 64.2 Å². The van der Waals surface area contributed by atoms with Gasteiger partial charge in [0.05, 0.1) is 0 Å². The van der Waals surface area contributed by atoms with Crippen molar-refractivity contribution in [3.63, 3.8) is 0 Å². The highest BCUT2D eigenvalue weighted by Crippen LogP contribution is 2.32. The molecular weight excluding hydrogens is 348 g/mol. The molecule has 2 amide bonds. The maximum Gasteiger partial charge on any atom is 0.227 e. The molecule has 0 saturated heterocycles. The summed E-state index contributed by atoms with van der Waals surface area (Å²) in [4.78, 5) is 25.4. The SMILES string of the molecule is O=C(Nc1cccc2c(NC(=O)C3CCCCC3)cccc12)C1CCCCC1. The van der Waals surface area contributed by atoms with Crippen molar-refractivity contribution in [2.75, 3.05) is 10.6 Å². The van der Waals surface area contributed by atoms with Crippen LogP contribution in [-0.4, -0.2) is 11.8 Å². The van der Waals surface area contributed by atoms with Crippen LogP contribution in [0.25, 0.3) is 10.8 Å². The van der Waals surface area contributed by atoms with Gasteiger partial charge in [0.15, 0.2) is 0 Å². The fourth-order valence-electron chi connectivity index (χ4n) is 4.73. The standard InChI is InChI=1S/C24H30N2O2/c27-23(17-9-3-1-4-10-17)25-21-15-7-14-20-19(21)13-8-16-22(20)26-24(28)18-11-5-2-6-12-18/h7-8,13-18H,1-6,9-12H2,(H,25,27)(H,26,28). The molecule has 0 aromatic heterocycles. The van der Waals surface area contributed by atoms with Crippen molar-refractivity contribution in [1.29, 1.82) is 0 Å². The van der Waals surface area contributed by atoms with Gasteiger partial charge >= 0.3 is 0 Å². The van der Waals surface area contributed by atoms with Gasteiger partial charge in [0.2, 0.25) is 11.8 Å². The molecule has 0 spiro atoms. The third-order valence-electron chi connectivity index (χ3n) is 6.39. The molecule has 28 heavy (non-hydrogen) atoms. The Bertz CT molecular complexity index is 778. The largest absolute Gasteiger partial charge is 0.325 e. The highest BCUT2D eigenvalue weighted by molar-refractivity contribution is 6.09. The normalized spacial score (nSPS) is 18.7. The van der Waals surface area contributed by atoms with Crippen molar-refractivity contribution in [1.82, 2.24) is 0 Å². The number of rotatable bonds is 4. The smallest absolute Gasteiger partial charge is 0.227 e. The molecule has 0 aliphatic heterocycles. The summed E-state index contributed by atoms with van der Waals surface area (Å²) in [6.45, 7) is 0. The fourth-order valence-corrected chi connectivity index (χ4v) is 4.73. The zero-order chi connectivity index (χ0) is 19.3. The molecule has 0 unspecified atom stereocenters. The number of benzene rings is 2. The zero-order valence-electron chi connectivity index (χ0n) is 16.5. The van der Waals surface area contributed by atoms with Crippen molar-refractivity contribution in [2.24, 2.45) is 11.8 Å². The minimum absolute atomic E-state index is 0.123. The molecule has 2 aromatic carbocycles. The summed E-state index contributed by atoms with van der Waals surface area (Å²) < 4.78 is 0. The van der Waals surface area contributed by atoms with E-state index in [-0.39, 0.29) is 23.7 Å². The van der Waals surface area contributed by atoms with Crippen LogP contribution >= 0.6 is 0 Å². The molecule has 2 aromatic rings. The molecule has 148 valence electrons. The van der Waals surface area contributed by atoms with Gasteiger partial charge in [-0.3, -0.25) is 9.59 Å². The van der Waals surface area contributed by atoms with Gasteiger partial charge in [0.25, 0.3) is 0 Å². The van der Waals surface area contributed by atoms with Gasteiger partial charge in [0, 0.05) is 34.0 Å². The quantitative estimate of drug-likeness (QED) is 0.698. The van der Waals surface area contributed by atoms with E-state index in [0.29, 0.717) is 0 Å². The second-order valence-electron chi connectivity index (χ2n) is 8.35. The molecule has 0 bridgehead atoms. The van der Waals surface area contributed by atoms with E-state index in [9.17, 15) is 9.59 Å². The highest BCUT2D eigenvalue weighted by atomic mass is 16.2. The molecule has 0 heterocycles. The van der Waals surface area contributed by atoms with Crippen molar-refractivity contribution in [3.8, 4) is 0 Å². The number of carbonyl (C=O) groups is 2. The molecule has 4 heteroatoms. The summed E-state index contributed by atoms with van der Waals surface area (Å²) in [5, 5.41) is 8.25. The van der Waals surface area contributed by atoms with Crippen LogP contribution in [-0.2, 0) is 9.59 Å². The minimum Gasteiger partial charge on any atom is -0.325 e. The van der Waals surface area contributed by atoms with Crippen LogP contribution in [0.1, 0.15) is 64.2 Å². The zero-order valence-corrected chi connectivity index (χ0v) is 16.5. The van der Waals surface area contributed by atoms with Crippen LogP contribution in [0.4, 0.5) is 11.4 Å². The molecule has 0 radical (unpaired) electrons. The molecule has 2 aliphatic carbocycles. The molecule has 4 rings (SSSR count). The predicted octanol–water partition coefficient (Wildman–Crippen LogP) is 5.88. The molecule has 2 fully saturated rings. The lowest BCUT2D eigenvalue weighted by molar-refractivity contribution is -0.121. The Morgan fingerprint density at radius 3 is 1.39 bits per heavy atom. The van der Waals surface area contributed by atoms with Crippen LogP contribution in [0.2, 0.25) is 0 Å². The Morgan fingerprint density at radius 1 is 0.607 bits per heavy atom. The lowest BCUT2D eigenvalue weighted by Gasteiger charge is -2.22. The van der Waals surface area contributed by atoms with E-state index in [1.807, 2.05) is 36.4 Å². The Balaban J connectivity index is 1.54. The monoisotopic (exact) mass is 378 g/mol. The highest BCUT2D eigenvalue weighted by Gasteiger charge is 2.23. The first-order valence-electron chi connectivity index (χ1n) is 10.9. The second-order valence-corrected chi connectivity index (χ2v) is 8.35. The molecule has 4 nitrogen and oxygen atoms in total. The summed E-state index contributed by atoms with van der Waals surface area (Å²) in [6.07, 6.45) is 11.0. The molecule has 0 atom stereocenters. The Hall–Kier alpha value is -2.36. The van der Waals surface area contributed by atoms with Crippen LogP contribution in [0.5, 0.6) is 0 Å². The number of carbonyl (C=O) groups excluding carboxylic acids is 2. The minimum atomic E-state index is 0.123. The average Bonchev–Trinajstić information content (AvgIpc) is 2.75. The van der Waals surface area contributed by atoms with Crippen LogP contribution in [0.15, 0.2) is 36.4 Å². The summed E-state index contributed by atoms with van der Waals surface area (Å²) in [5.74, 6) is 0.504. The first-order valence-corrected chi connectivity index (χ1v) is 10.9. The van der Waals surface area contributed by atoms with Crippen molar-refractivity contribution >= 4 is 34.0 Å². The summed E-state index contributed by atoms with van der Waals surface area (Å²) >= 11 is 0. The van der Waals surface area contributed by atoms with Gasteiger partial charge in [0.1, 0.15) is 0 Å². The van der Waals surface area contributed by atoms with Gasteiger partial charge in [-0.15, -0.1) is 0 Å². The summed E-state index contributed by atoms with van der Waals surface area (Å²) in [7, 11) is 0. The first-order chi connectivity index (χ1) is 13.7. The first kappa shape index (κ1) is 19.0. The fraction of sp³-hybridized carbons (Fsp3) is 0.500. The third kappa shape index (κ3) is 4.21. The van der Waals surface area contributed by atoms with E-state index in [1.54, 1.807) is 0 Å². The van der Waals surface area contributed by atoms with E-state index < -0.39 is 0 Å². The Morgan fingerprint density at radius 2 is 1.00 bits per heavy atom. The van der Waals surface area contributed by atoms with E-state index in [4.69, 9.17) is 0 Å². The van der Waals surface area contributed by atoms with Crippen LogP contribution in [0, 0.1) is 11.8 Å². The average molecular weight is 379 g/mol.